The van der Waals surface area contributed by atoms with E-state index in [1.165, 1.54) is 0 Å². The third-order valence-electron chi connectivity index (χ3n) is 3.35. The van der Waals surface area contributed by atoms with Crippen LogP contribution in [0.25, 0.3) is 0 Å². The van der Waals surface area contributed by atoms with Crippen molar-refractivity contribution in [3.63, 3.8) is 0 Å². The van der Waals surface area contributed by atoms with Crippen LogP contribution >= 0.6 is 0 Å². The first kappa shape index (κ1) is 13.3. The number of carbonyl (C=O) groups excluding carboxylic acids is 1. The number of hydrogen-bond acceptors (Lipinski definition) is 4. The Bertz CT molecular complexity index is 484. The van der Waals surface area contributed by atoms with E-state index in [0.717, 1.165) is 18.9 Å². The molecule has 1 aromatic heterocycles. The summed E-state index contributed by atoms with van der Waals surface area (Å²) in [6, 6.07) is 7.88. The molecule has 1 aromatic rings. The molecule has 1 saturated heterocycles. The molecule has 1 amide bonds. The summed E-state index contributed by atoms with van der Waals surface area (Å²) < 4.78 is 0. The number of piperazine rings is 1. The summed E-state index contributed by atoms with van der Waals surface area (Å²) in [5, 5.41) is 9.01. The van der Waals surface area contributed by atoms with Crippen LogP contribution in [-0.4, -0.2) is 42.0 Å². The Morgan fingerprint density at radius 1 is 1.32 bits per heavy atom. The Hall–Kier alpha value is -2.09. The highest BCUT2D eigenvalue weighted by atomic mass is 16.2. The Labute approximate surface area is 113 Å². The highest BCUT2D eigenvalue weighted by molar-refractivity contribution is 5.84. The normalized spacial score (nSPS) is 16.1. The van der Waals surface area contributed by atoms with E-state index < -0.39 is 5.41 Å². The standard InChI is InChI=1S/C14H18N4O/c1-14(2,11-15)13(19)18-9-7-17(8-10-18)12-5-3-4-6-16-12/h3-6H,7-10H2,1-2H3. The third-order valence-corrected chi connectivity index (χ3v) is 3.35. The number of anilines is 1. The quantitative estimate of drug-likeness (QED) is 0.801. The van der Waals surface area contributed by atoms with E-state index in [0.29, 0.717) is 13.1 Å². The number of amides is 1. The molecule has 19 heavy (non-hydrogen) atoms. The molecule has 0 aliphatic carbocycles. The smallest absolute Gasteiger partial charge is 0.242 e. The lowest BCUT2D eigenvalue weighted by Gasteiger charge is -2.37. The van der Waals surface area contributed by atoms with E-state index in [1.54, 1.807) is 24.9 Å². The Morgan fingerprint density at radius 2 is 2.00 bits per heavy atom. The number of nitrogens with zero attached hydrogens (tertiary/aromatic N) is 4. The molecule has 2 rings (SSSR count). The topological polar surface area (TPSA) is 60.2 Å². The van der Waals surface area contributed by atoms with Crippen LogP contribution in [0.4, 0.5) is 5.82 Å². The second-order valence-corrected chi connectivity index (χ2v) is 5.20. The summed E-state index contributed by atoms with van der Waals surface area (Å²) in [7, 11) is 0. The number of aromatic nitrogens is 1. The van der Waals surface area contributed by atoms with Gasteiger partial charge in [0.2, 0.25) is 5.91 Å². The third kappa shape index (κ3) is 2.84. The van der Waals surface area contributed by atoms with Gasteiger partial charge in [-0.2, -0.15) is 5.26 Å². The van der Waals surface area contributed by atoms with Crippen LogP contribution < -0.4 is 4.90 Å². The van der Waals surface area contributed by atoms with Gasteiger partial charge in [0.25, 0.3) is 0 Å². The van der Waals surface area contributed by atoms with E-state index in [2.05, 4.69) is 16.0 Å². The van der Waals surface area contributed by atoms with Gasteiger partial charge in [-0.15, -0.1) is 0 Å². The summed E-state index contributed by atoms with van der Waals surface area (Å²) in [5.41, 5.74) is -0.937. The second kappa shape index (κ2) is 5.27. The first-order chi connectivity index (χ1) is 9.04. The zero-order valence-corrected chi connectivity index (χ0v) is 11.3. The van der Waals surface area contributed by atoms with Crippen molar-refractivity contribution in [2.75, 3.05) is 31.1 Å². The molecule has 2 heterocycles. The van der Waals surface area contributed by atoms with Crippen LogP contribution in [0.15, 0.2) is 24.4 Å². The maximum Gasteiger partial charge on any atom is 0.242 e. The van der Waals surface area contributed by atoms with Gasteiger partial charge in [0, 0.05) is 32.4 Å². The SMILES string of the molecule is CC(C)(C#N)C(=O)N1CCN(c2ccccn2)CC1. The molecular formula is C14H18N4O. The summed E-state index contributed by atoms with van der Waals surface area (Å²) in [6.07, 6.45) is 1.77. The molecule has 0 spiro atoms. The second-order valence-electron chi connectivity index (χ2n) is 5.20. The zero-order chi connectivity index (χ0) is 13.9. The predicted octanol–water partition coefficient (Wildman–Crippen LogP) is 1.28. The molecule has 1 fully saturated rings. The van der Waals surface area contributed by atoms with E-state index >= 15 is 0 Å². The maximum atomic E-state index is 12.2. The molecule has 0 bridgehead atoms. The van der Waals surface area contributed by atoms with Crippen LogP contribution in [0, 0.1) is 16.7 Å². The highest BCUT2D eigenvalue weighted by Crippen LogP contribution is 2.20. The van der Waals surface area contributed by atoms with E-state index in [1.807, 2.05) is 18.2 Å². The molecule has 1 aliphatic rings. The number of hydrogen-bond donors (Lipinski definition) is 0. The van der Waals surface area contributed by atoms with E-state index in [-0.39, 0.29) is 5.91 Å². The maximum absolute atomic E-state index is 12.2. The van der Waals surface area contributed by atoms with Gasteiger partial charge >= 0.3 is 0 Å². The Kier molecular flexibility index (Phi) is 3.70. The number of rotatable bonds is 2. The van der Waals surface area contributed by atoms with Crippen molar-refractivity contribution < 1.29 is 4.79 Å². The summed E-state index contributed by atoms with van der Waals surface area (Å²) >= 11 is 0. The number of pyridine rings is 1. The largest absolute Gasteiger partial charge is 0.353 e. The van der Waals surface area contributed by atoms with E-state index in [4.69, 9.17) is 5.26 Å². The molecule has 0 aromatic carbocycles. The molecule has 5 nitrogen and oxygen atoms in total. The summed E-state index contributed by atoms with van der Waals surface area (Å²) in [4.78, 5) is 20.4. The van der Waals surface area contributed by atoms with Gasteiger partial charge in [0.1, 0.15) is 11.2 Å². The fourth-order valence-electron chi connectivity index (χ4n) is 2.12. The van der Waals surface area contributed by atoms with Crippen LogP contribution in [0.1, 0.15) is 13.8 Å². The molecule has 5 heteroatoms. The lowest BCUT2D eigenvalue weighted by molar-refractivity contribution is -0.137. The molecule has 0 saturated carbocycles. The van der Waals surface area contributed by atoms with Crippen LogP contribution in [-0.2, 0) is 4.79 Å². The molecule has 0 radical (unpaired) electrons. The number of carbonyl (C=O) groups is 1. The van der Waals surface area contributed by atoms with Gasteiger partial charge in [-0.05, 0) is 26.0 Å². The van der Waals surface area contributed by atoms with Crippen molar-refractivity contribution >= 4 is 11.7 Å². The van der Waals surface area contributed by atoms with Crippen molar-refractivity contribution in [1.82, 2.24) is 9.88 Å². The zero-order valence-electron chi connectivity index (χ0n) is 11.3. The monoisotopic (exact) mass is 258 g/mol. The van der Waals surface area contributed by atoms with Gasteiger partial charge in [-0.1, -0.05) is 6.07 Å². The molecule has 1 aliphatic heterocycles. The predicted molar refractivity (Wildman–Crippen MR) is 72.4 cm³/mol. The Balaban J connectivity index is 1.97. The molecule has 0 unspecified atom stereocenters. The fourth-order valence-corrected chi connectivity index (χ4v) is 2.12. The minimum atomic E-state index is -0.937. The first-order valence-electron chi connectivity index (χ1n) is 6.41. The molecular weight excluding hydrogens is 240 g/mol. The Morgan fingerprint density at radius 3 is 2.53 bits per heavy atom. The van der Waals surface area contributed by atoms with Crippen LogP contribution in [0.3, 0.4) is 0 Å². The fraction of sp³-hybridized carbons (Fsp3) is 0.500. The number of nitriles is 1. The van der Waals surface area contributed by atoms with Gasteiger partial charge in [-0.25, -0.2) is 4.98 Å². The minimum absolute atomic E-state index is 0.0873. The molecule has 100 valence electrons. The lowest BCUT2D eigenvalue weighted by Crippen LogP contribution is -2.52. The van der Waals surface area contributed by atoms with Gasteiger partial charge in [0.05, 0.1) is 6.07 Å². The molecule has 0 atom stereocenters. The van der Waals surface area contributed by atoms with E-state index in [9.17, 15) is 4.79 Å². The lowest BCUT2D eigenvalue weighted by atomic mass is 9.93. The van der Waals surface area contributed by atoms with Crippen molar-refractivity contribution in [2.24, 2.45) is 5.41 Å². The van der Waals surface area contributed by atoms with Crippen LogP contribution in [0.5, 0.6) is 0 Å². The van der Waals surface area contributed by atoms with Gasteiger partial charge < -0.3 is 9.80 Å². The van der Waals surface area contributed by atoms with Crippen molar-refractivity contribution in [3.8, 4) is 6.07 Å². The average molecular weight is 258 g/mol. The van der Waals surface area contributed by atoms with Crippen LogP contribution in [0.2, 0.25) is 0 Å². The van der Waals surface area contributed by atoms with Gasteiger partial charge in [-0.3, -0.25) is 4.79 Å². The highest BCUT2D eigenvalue weighted by Gasteiger charge is 2.33. The van der Waals surface area contributed by atoms with Crippen molar-refractivity contribution in [1.29, 1.82) is 5.26 Å². The summed E-state index contributed by atoms with van der Waals surface area (Å²) in [6.45, 7) is 6.12. The minimum Gasteiger partial charge on any atom is -0.353 e. The van der Waals surface area contributed by atoms with Crippen molar-refractivity contribution in [2.45, 2.75) is 13.8 Å². The molecule has 0 N–H and O–H groups in total. The summed E-state index contributed by atoms with van der Waals surface area (Å²) in [5.74, 6) is 0.852. The van der Waals surface area contributed by atoms with Crippen molar-refractivity contribution in [3.05, 3.63) is 24.4 Å². The average Bonchev–Trinajstić information content (AvgIpc) is 2.47. The van der Waals surface area contributed by atoms with Gasteiger partial charge in [0.15, 0.2) is 0 Å². The first-order valence-corrected chi connectivity index (χ1v) is 6.41.